The molecule has 2 rings (SSSR count). The van der Waals surface area contributed by atoms with E-state index in [1.54, 1.807) is 6.20 Å². The smallest absolute Gasteiger partial charge is 0.145 e. The maximum Gasteiger partial charge on any atom is 0.145 e. The molecule has 1 radical (unpaired) electrons. The van der Waals surface area contributed by atoms with Gasteiger partial charge in [0.05, 0.1) is 0 Å². The zero-order chi connectivity index (χ0) is 6.10. The Morgan fingerprint density at radius 2 is 2.56 bits per heavy atom. The van der Waals surface area contributed by atoms with Crippen LogP contribution >= 0.6 is 0 Å². The summed E-state index contributed by atoms with van der Waals surface area (Å²) in [4.78, 5) is 0. The summed E-state index contributed by atoms with van der Waals surface area (Å²) in [6, 6.07) is 3.65. The van der Waals surface area contributed by atoms with Gasteiger partial charge in [0.1, 0.15) is 11.7 Å². The summed E-state index contributed by atoms with van der Waals surface area (Å²) in [5, 5.41) is 11.0. The Kier molecular flexibility index (Phi) is 0.745. The molecular weight excluding hydrogens is 116 g/mol. The van der Waals surface area contributed by atoms with Gasteiger partial charge < -0.3 is 0 Å². The minimum Gasteiger partial charge on any atom is -0.157 e. The molecule has 0 aliphatic heterocycles. The molecule has 0 spiro atoms. The van der Waals surface area contributed by atoms with E-state index in [1.165, 1.54) is 4.63 Å². The number of nitrogens with zero attached hydrogens (tertiary/aromatic N) is 4. The van der Waals surface area contributed by atoms with Crippen molar-refractivity contribution in [3.05, 3.63) is 24.5 Å². The Morgan fingerprint density at radius 3 is 3.44 bits per heavy atom. The van der Waals surface area contributed by atoms with Gasteiger partial charge in [-0.1, -0.05) is 0 Å². The molecule has 43 valence electrons. The lowest BCUT2D eigenvalue weighted by Gasteiger charge is -1.82. The lowest BCUT2D eigenvalue weighted by atomic mass is 10.5. The van der Waals surface area contributed by atoms with Gasteiger partial charge >= 0.3 is 0 Å². The SMILES string of the molecule is [c]1nnn2ncccc12. The second-order valence-corrected chi connectivity index (χ2v) is 1.60. The number of hydrogen-bond acceptors (Lipinski definition) is 3. The zero-order valence-corrected chi connectivity index (χ0v) is 4.52. The summed E-state index contributed by atoms with van der Waals surface area (Å²) in [5.74, 6) is 0. The Balaban J connectivity index is 2.95. The van der Waals surface area contributed by atoms with Gasteiger partial charge in [-0.05, 0) is 17.3 Å². The maximum absolute atomic E-state index is 3.85. The molecule has 0 aliphatic carbocycles. The van der Waals surface area contributed by atoms with E-state index in [1.807, 2.05) is 12.1 Å². The summed E-state index contributed by atoms with van der Waals surface area (Å²) in [6.07, 6.45) is 4.31. The van der Waals surface area contributed by atoms with Crippen LogP contribution in [0.15, 0.2) is 18.3 Å². The number of aromatic nitrogens is 4. The van der Waals surface area contributed by atoms with Crippen molar-refractivity contribution in [3.8, 4) is 0 Å². The van der Waals surface area contributed by atoms with Crippen LogP contribution in [0.1, 0.15) is 0 Å². The van der Waals surface area contributed by atoms with Crippen LogP contribution in [0, 0.1) is 6.20 Å². The van der Waals surface area contributed by atoms with Crippen molar-refractivity contribution in [2.45, 2.75) is 0 Å². The van der Waals surface area contributed by atoms with Crippen molar-refractivity contribution in [1.29, 1.82) is 0 Å². The fourth-order valence-electron chi connectivity index (χ4n) is 0.634. The van der Waals surface area contributed by atoms with Gasteiger partial charge in [-0.15, -0.1) is 9.73 Å². The minimum atomic E-state index is 0.789. The van der Waals surface area contributed by atoms with E-state index in [0.29, 0.717) is 0 Å². The molecule has 0 atom stereocenters. The molecule has 0 saturated carbocycles. The Labute approximate surface area is 51.1 Å². The standard InChI is InChI=1S/C5H3N4/c1-2-5-4-6-8-9(5)7-3-1/h1-3H. The molecular formula is C5H3N4. The van der Waals surface area contributed by atoms with Crippen LogP contribution in [0.2, 0.25) is 0 Å². The summed E-state index contributed by atoms with van der Waals surface area (Å²) in [6.45, 7) is 0. The van der Waals surface area contributed by atoms with Crippen molar-refractivity contribution in [2.75, 3.05) is 0 Å². The normalized spacial score (nSPS) is 10.2. The highest BCUT2D eigenvalue weighted by Crippen LogP contribution is 1.91. The van der Waals surface area contributed by atoms with Gasteiger partial charge in [-0.3, -0.25) is 0 Å². The average molecular weight is 119 g/mol. The summed E-state index contributed by atoms with van der Waals surface area (Å²) in [5.41, 5.74) is 0.789. The monoisotopic (exact) mass is 119 g/mol. The second kappa shape index (κ2) is 1.51. The van der Waals surface area contributed by atoms with Gasteiger partial charge in [0.2, 0.25) is 0 Å². The maximum atomic E-state index is 3.85. The largest absolute Gasteiger partial charge is 0.157 e. The highest BCUT2D eigenvalue weighted by atomic mass is 15.5. The van der Waals surface area contributed by atoms with E-state index in [-0.39, 0.29) is 0 Å². The average Bonchev–Trinajstić information content (AvgIpc) is 2.33. The van der Waals surface area contributed by atoms with Crippen LogP contribution in [-0.2, 0) is 0 Å². The molecule has 0 aromatic carbocycles. The highest BCUT2D eigenvalue weighted by molar-refractivity contribution is 5.38. The van der Waals surface area contributed by atoms with E-state index in [0.717, 1.165) is 5.52 Å². The van der Waals surface area contributed by atoms with Gasteiger partial charge in [-0.2, -0.15) is 5.10 Å². The Hall–Kier alpha value is -1.45. The second-order valence-electron chi connectivity index (χ2n) is 1.60. The predicted molar refractivity (Wildman–Crippen MR) is 29.6 cm³/mol. The summed E-state index contributed by atoms with van der Waals surface area (Å²) in [7, 11) is 0. The quantitative estimate of drug-likeness (QED) is 0.487. The molecule has 2 aromatic rings. The van der Waals surface area contributed by atoms with Gasteiger partial charge in [-0.25, -0.2) is 0 Å². The third-order valence-electron chi connectivity index (χ3n) is 1.03. The van der Waals surface area contributed by atoms with Crippen LogP contribution in [0.25, 0.3) is 5.52 Å². The van der Waals surface area contributed by atoms with E-state index in [4.69, 9.17) is 0 Å². The summed E-state index contributed by atoms with van der Waals surface area (Å²) < 4.78 is 1.42. The molecule has 2 heterocycles. The number of hydrogen-bond donors (Lipinski definition) is 0. The number of fused-ring (bicyclic) bond motifs is 1. The number of rotatable bonds is 0. The molecule has 4 heteroatoms. The summed E-state index contributed by atoms with van der Waals surface area (Å²) >= 11 is 0. The van der Waals surface area contributed by atoms with Gasteiger partial charge in [0.25, 0.3) is 0 Å². The van der Waals surface area contributed by atoms with Crippen molar-refractivity contribution in [1.82, 2.24) is 20.0 Å². The third kappa shape index (κ3) is 0.561. The molecule has 0 amide bonds. The molecule has 0 N–H and O–H groups in total. The van der Waals surface area contributed by atoms with Crippen molar-refractivity contribution in [3.63, 3.8) is 0 Å². The van der Waals surface area contributed by atoms with Crippen LogP contribution in [-0.4, -0.2) is 20.0 Å². The molecule has 0 saturated heterocycles. The van der Waals surface area contributed by atoms with Crippen LogP contribution in [0.5, 0.6) is 0 Å². The molecule has 0 unspecified atom stereocenters. The van der Waals surface area contributed by atoms with E-state index < -0.39 is 0 Å². The third-order valence-corrected chi connectivity index (χ3v) is 1.03. The molecule has 9 heavy (non-hydrogen) atoms. The van der Waals surface area contributed by atoms with Crippen LogP contribution in [0.3, 0.4) is 0 Å². The molecule has 0 aliphatic rings. The molecule has 0 fully saturated rings. The Bertz CT molecular complexity index is 283. The fraction of sp³-hybridized carbons (Fsp3) is 0. The lowest BCUT2D eigenvalue weighted by molar-refractivity contribution is 0.742. The highest BCUT2D eigenvalue weighted by Gasteiger charge is 1.89. The lowest BCUT2D eigenvalue weighted by Crippen LogP contribution is -1.90. The molecule has 4 nitrogen and oxygen atoms in total. The van der Waals surface area contributed by atoms with Crippen LogP contribution in [0.4, 0.5) is 0 Å². The Morgan fingerprint density at radius 1 is 1.56 bits per heavy atom. The predicted octanol–water partition coefficient (Wildman–Crippen LogP) is -0.0755. The molecule has 0 bridgehead atoms. The van der Waals surface area contributed by atoms with Crippen molar-refractivity contribution in [2.24, 2.45) is 0 Å². The first-order valence-electron chi connectivity index (χ1n) is 2.51. The van der Waals surface area contributed by atoms with Crippen molar-refractivity contribution < 1.29 is 0 Å². The fourth-order valence-corrected chi connectivity index (χ4v) is 0.634. The van der Waals surface area contributed by atoms with E-state index in [9.17, 15) is 0 Å². The first-order chi connectivity index (χ1) is 4.47. The minimum absolute atomic E-state index is 0.789. The van der Waals surface area contributed by atoms with Crippen molar-refractivity contribution >= 4 is 5.52 Å². The molecule has 2 aromatic heterocycles. The van der Waals surface area contributed by atoms with E-state index in [2.05, 4.69) is 21.6 Å². The first kappa shape index (κ1) is 4.43. The van der Waals surface area contributed by atoms with Gasteiger partial charge in [0.15, 0.2) is 0 Å². The van der Waals surface area contributed by atoms with Crippen LogP contribution < -0.4 is 0 Å². The topological polar surface area (TPSA) is 43.1 Å². The van der Waals surface area contributed by atoms with Gasteiger partial charge in [0, 0.05) is 6.20 Å². The zero-order valence-electron chi connectivity index (χ0n) is 4.52. The first-order valence-corrected chi connectivity index (χ1v) is 2.51. The van der Waals surface area contributed by atoms with E-state index >= 15 is 0 Å².